The third-order valence-corrected chi connectivity index (χ3v) is 9.87. The topological polar surface area (TPSA) is 86.6 Å². The van der Waals surface area contributed by atoms with Gasteiger partial charge in [0.2, 0.25) is 0 Å². The van der Waals surface area contributed by atoms with Gasteiger partial charge >= 0.3 is 6.01 Å². The quantitative estimate of drug-likeness (QED) is 0.331. The summed E-state index contributed by atoms with van der Waals surface area (Å²) in [6.07, 6.45) is 10.9. The lowest BCUT2D eigenvalue weighted by molar-refractivity contribution is 0.107. The van der Waals surface area contributed by atoms with E-state index in [0.717, 1.165) is 45.3 Å². The highest BCUT2D eigenvalue weighted by atomic mass is 19.1. The van der Waals surface area contributed by atoms with Crippen LogP contribution in [0.4, 0.5) is 14.6 Å². The van der Waals surface area contributed by atoms with Gasteiger partial charge in [-0.15, -0.1) is 6.42 Å². The van der Waals surface area contributed by atoms with Crippen LogP contribution in [-0.4, -0.2) is 81.5 Å². The molecule has 10 heteroatoms. The summed E-state index contributed by atoms with van der Waals surface area (Å²) in [4.78, 5) is 18.4. The number of ether oxygens (including phenoxy) is 1. The molecule has 5 saturated heterocycles. The zero-order valence-electron chi connectivity index (χ0n) is 23.7. The Kier molecular flexibility index (Phi) is 6.17. The van der Waals surface area contributed by atoms with Crippen LogP contribution in [0.5, 0.6) is 11.8 Å². The van der Waals surface area contributed by atoms with Gasteiger partial charge in [0.15, 0.2) is 5.82 Å². The zero-order chi connectivity index (χ0) is 29.3. The average Bonchev–Trinajstić information content (AvgIpc) is 3.55. The van der Waals surface area contributed by atoms with Crippen LogP contribution in [0.15, 0.2) is 36.5 Å². The molecule has 4 atom stereocenters. The molecule has 2 aromatic carbocycles. The van der Waals surface area contributed by atoms with E-state index >= 15 is 4.39 Å². The number of hydrogen-bond acceptors (Lipinski definition) is 8. The van der Waals surface area contributed by atoms with Gasteiger partial charge in [-0.3, -0.25) is 9.88 Å². The van der Waals surface area contributed by atoms with Crippen molar-refractivity contribution >= 4 is 27.5 Å². The van der Waals surface area contributed by atoms with Crippen molar-refractivity contribution in [3.05, 3.63) is 47.9 Å². The number of piperidine rings is 2. The second-order valence-corrected chi connectivity index (χ2v) is 12.4. The zero-order valence-corrected chi connectivity index (χ0v) is 23.7. The summed E-state index contributed by atoms with van der Waals surface area (Å²) in [5.74, 6) is 2.60. The molecule has 2 aromatic heterocycles. The van der Waals surface area contributed by atoms with Crippen molar-refractivity contribution in [2.45, 2.75) is 55.9 Å². The molecule has 5 aliphatic heterocycles. The lowest BCUT2D eigenvalue weighted by atomic mass is 9.92. The van der Waals surface area contributed by atoms with Gasteiger partial charge in [-0.2, -0.15) is 9.97 Å². The fourth-order valence-corrected chi connectivity index (χ4v) is 7.83. The van der Waals surface area contributed by atoms with Crippen LogP contribution < -0.4 is 15.0 Å². The Balaban J connectivity index is 1.28. The van der Waals surface area contributed by atoms with Crippen molar-refractivity contribution in [1.82, 2.24) is 25.2 Å². The Morgan fingerprint density at radius 3 is 2.91 bits per heavy atom. The van der Waals surface area contributed by atoms with Gasteiger partial charge in [-0.05, 0) is 55.8 Å². The Hall–Kier alpha value is -4.07. The number of nitrogens with zero attached hydrogens (tertiary/aromatic N) is 5. The molecule has 0 saturated carbocycles. The minimum Gasteiger partial charge on any atom is -0.508 e. The largest absolute Gasteiger partial charge is 0.508 e. The number of hydrogen-bond donors (Lipinski definition) is 2. The van der Waals surface area contributed by atoms with Gasteiger partial charge in [0.25, 0.3) is 0 Å². The van der Waals surface area contributed by atoms with E-state index in [2.05, 4.69) is 31.0 Å². The number of phenolic OH excluding ortho intramolecular Hbond substituents is 1. The van der Waals surface area contributed by atoms with Crippen LogP contribution >= 0.6 is 0 Å². The van der Waals surface area contributed by atoms with Crippen molar-refractivity contribution < 1.29 is 18.6 Å². The van der Waals surface area contributed by atoms with E-state index in [1.807, 2.05) is 6.07 Å². The highest BCUT2D eigenvalue weighted by Crippen LogP contribution is 2.42. The summed E-state index contributed by atoms with van der Waals surface area (Å²) in [6, 6.07) is 9.08. The average molecular weight is 583 g/mol. The summed E-state index contributed by atoms with van der Waals surface area (Å²) < 4.78 is 37.4. The smallest absolute Gasteiger partial charge is 0.319 e. The lowest BCUT2D eigenvalue weighted by Gasteiger charge is -2.46. The molecule has 0 spiro atoms. The Morgan fingerprint density at radius 2 is 2.12 bits per heavy atom. The molecule has 7 heterocycles. The number of piperazine rings is 1. The second-order valence-electron chi connectivity index (χ2n) is 12.4. The SMILES string of the molecule is C#Cc1cccc2cc(O)cc(-c3ncc4c(N5CC6CCC5CN6)nc(OCC56CCCN5C[C@H](F)C6)nc4c3F)c12. The Bertz CT molecular complexity index is 1800. The molecule has 0 aliphatic carbocycles. The minimum atomic E-state index is -0.885. The summed E-state index contributed by atoms with van der Waals surface area (Å²) in [5.41, 5.74) is 0.684. The first-order valence-corrected chi connectivity index (χ1v) is 15.0. The van der Waals surface area contributed by atoms with Crippen molar-refractivity contribution in [3.8, 4) is 35.4 Å². The predicted molar refractivity (Wildman–Crippen MR) is 161 cm³/mol. The molecule has 2 bridgehead atoms. The first-order chi connectivity index (χ1) is 20.9. The number of pyridine rings is 1. The maximum atomic E-state index is 16.7. The summed E-state index contributed by atoms with van der Waals surface area (Å²) in [5, 5.41) is 15.9. The molecular formula is C33H32F2N6O2. The van der Waals surface area contributed by atoms with Crippen LogP contribution in [0.3, 0.4) is 0 Å². The van der Waals surface area contributed by atoms with Crippen LogP contribution in [-0.2, 0) is 0 Å². The lowest BCUT2D eigenvalue weighted by Crippen LogP contribution is -2.61. The van der Waals surface area contributed by atoms with Crippen LogP contribution in [0.25, 0.3) is 32.9 Å². The number of anilines is 1. The van der Waals surface area contributed by atoms with Crippen LogP contribution in [0, 0.1) is 18.2 Å². The highest BCUT2D eigenvalue weighted by Gasteiger charge is 2.49. The van der Waals surface area contributed by atoms with Gasteiger partial charge in [0.1, 0.15) is 35.6 Å². The molecule has 2 N–H and O–H groups in total. The highest BCUT2D eigenvalue weighted by molar-refractivity contribution is 6.02. The van der Waals surface area contributed by atoms with Crippen molar-refractivity contribution in [2.75, 3.05) is 37.7 Å². The van der Waals surface area contributed by atoms with Gasteiger partial charge in [0.05, 0.1) is 10.9 Å². The molecule has 220 valence electrons. The predicted octanol–water partition coefficient (Wildman–Crippen LogP) is 4.57. The number of alkyl halides is 1. The van der Waals surface area contributed by atoms with E-state index in [4.69, 9.17) is 16.1 Å². The van der Waals surface area contributed by atoms with Crippen molar-refractivity contribution in [2.24, 2.45) is 0 Å². The third-order valence-electron chi connectivity index (χ3n) is 9.87. The maximum absolute atomic E-state index is 16.7. The molecular weight excluding hydrogens is 550 g/mol. The van der Waals surface area contributed by atoms with Crippen LogP contribution in [0.1, 0.15) is 37.7 Å². The van der Waals surface area contributed by atoms with Gasteiger partial charge in [-0.25, -0.2) is 8.78 Å². The fraction of sp³-hybridized carbons (Fsp3) is 0.424. The van der Waals surface area contributed by atoms with Crippen LogP contribution in [0.2, 0.25) is 0 Å². The molecule has 3 unspecified atom stereocenters. The molecule has 5 aliphatic rings. The van der Waals surface area contributed by atoms with E-state index in [0.29, 0.717) is 52.1 Å². The first kappa shape index (κ1) is 26.5. The number of rotatable bonds is 5. The molecule has 0 amide bonds. The molecule has 8 nitrogen and oxygen atoms in total. The number of benzene rings is 2. The number of terminal acetylenes is 1. The van der Waals surface area contributed by atoms with E-state index in [9.17, 15) is 9.50 Å². The van der Waals surface area contributed by atoms with E-state index in [1.165, 1.54) is 6.07 Å². The number of fused-ring (bicyclic) bond motifs is 6. The molecule has 0 radical (unpaired) electrons. The molecule has 43 heavy (non-hydrogen) atoms. The number of phenols is 1. The van der Waals surface area contributed by atoms with Gasteiger partial charge < -0.3 is 20.1 Å². The molecule has 5 fully saturated rings. The van der Waals surface area contributed by atoms with Crippen molar-refractivity contribution in [1.29, 1.82) is 0 Å². The van der Waals surface area contributed by atoms with E-state index < -0.39 is 12.0 Å². The third kappa shape index (κ3) is 4.28. The van der Waals surface area contributed by atoms with Crippen molar-refractivity contribution in [3.63, 3.8) is 0 Å². The fourth-order valence-electron chi connectivity index (χ4n) is 7.83. The number of nitrogens with one attached hydrogen (secondary N) is 1. The van der Waals surface area contributed by atoms with Gasteiger partial charge in [-0.1, -0.05) is 18.1 Å². The monoisotopic (exact) mass is 582 g/mol. The standard InChI is InChI=1S/C33H32F2N6O2/c1-2-19-5-3-6-20-11-24(42)12-25(27(19)20)29-28(35)30-26(15-37-29)31(41-17-22-7-8-23(41)14-36-22)39-32(38-30)43-18-33-9-4-10-40(33)16-21(34)13-33/h1,3,5-6,11-12,15,21-23,36,42H,4,7-10,13-14,16-18H2/t21-,22?,23?,33?/m1/s1. The minimum absolute atomic E-state index is 0.0229. The van der Waals surface area contributed by atoms with E-state index in [-0.39, 0.29) is 41.2 Å². The Morgan fingerprint density at radius 1 is 1.21 bits per heavy atom. The molecule has 9 rings (SSSR count). The number of halogens is 2. The molecule has 4 aromatic rings. The summed E-state index contributed by atoms with van der Waals surface area (Å²) in [6.45, 7) is 3.06. The number of aromatic nitrogens is 3. The normalized spacial score (nSPS) is 26.7. The summed E-state index contributed by atoms with van der Waals surface area (Å²) >= 11 is 0. The second kappa shape index (κ2) is 10.00. The van der Waals surface area contributed by atoms with E-state index in [1.54, 1.807) is 24.4 Å². The summed E-state index contributed by atoms with van der Waals surface area (Å²) in [7, 11) is 0. The Labute approximate surface area is 248 Å². The maximum Gasteiger partial charge on any atom is 0.319 e. The van der Waals surface area contributed by atoms with Gasteiger partial charge in [0, 0.05) is 60.8 Å². The number of aromatic hydroxyl groups is 1. The first-order valence-electron chi connectivity index (χ1n) is 15.0.